The van der Waals surface area contributed by atoms with Crippen molar-refractivity contribution in [2.24, 2.45) is 0 Å². The lowest BCUT2D eigenvalue weighted by Crippen LogP contribution is -2.27. The van der Waals surface area contributed by atoms with Crippen molar-refractivity contribution in [2.75, 3.05) is 5.73 Å². The fourth-order valence-corrected chi connectivity index (χ4v) is 2.29. The number of aryl methyl sites for hydroxylation is 2. The van der Waals surface area contributed by atoms with E-state index in [1.807, 2.05) is 6.92 Å². The molecule has 1 aromatic heterocycles. The van der Waals surface area contributed by atoms with Gasteiger partial charge in [-0.15, -0.1) is 0 Å². The van der Waals surface area contributed by atoms with E-state index in [4.69, 9.17) is 10.3 Å². The molecule has 0 bridgehead atoms. The normalized spacial score (nSPS) is 12.2. The maximum Gasteiger partial charge on any atom is 0.251 e. The van der Waals surface area contributed by atoms with Crippen molar-refractivity contribution in [3.05, 3.63) is 46.1 Å². The summed E-state index contributed by atoms with van der Waals surface area (Å²) in [4.78, 5) is 12.2. The zero-order valence-corrected chi connectivity index (χ0v) is 12.5. The molecule has 0 aliphatic carbocycles. The van der Waals surface area contributed by atoms with Gasteiger partial charge in [-0.05, 0) is 39.8 Å². The van der Waals surface area contributed by atoms with Crippen LogP contribution in [0.1, 0.15) is 45.9 Å². The van der Waals surface area contributed by atoms with Gasteiger partial charge in [0, 0.05) is 22.4 Å². The molecule has 0 saturated carbocycles. The number of anilines is 1. The number of hydrogen-bond acceptors (Lipinski definition) is 4. The highest BCUT2D eigenvalue weighted by atomic mass is 19.1. The smallest absolute Gasteiger partial charge is 0.251 e. The van der Waals surface area contributed by atoms with Gasteiger partial charge in [-0.25, -0.2) is 4.39 Å². The molecule has 1 amide bonds. The Kier molecular flexibility index (Phi) is 3.97. The van der Waals surface area contributed by atoms with E-state index in [-0.39, 0.29) is 17.3 Å². The molecule has 112 valence electrons. The molecule has 2 aromatic rings. The maximum absolute atomic E-state index is 13.7. The van der Waals surface area contributed by atoms with Crippen LogP contribution in [0.3, 0.4) is 0 Å². The summed E-state index contributed by atoms with van der Waals surface area (Å²) < 4.78 is 18.7. The summed E-state index contributed by atoms with van der Waals surface area (Å²) in [6, 6.07) is 2.35. The molecular formula is C15H18FN3O2. The molecule has 0 fully saturated rings. The number of rotatable bonds is 3. The lowest BCUT2D eigenvalue weighted by Gasteiger charge is -2.14. The van der Waals surface area contributed by atoms with E-state index in [9.17, 15) is 9.18 Å². The summed E-state index contributed by atoms with van der Waals surface area (Å²) in [5.41, 5.74) is 8.01. The highest BCUT2D eigenvalue weighted by molar-refractivity contribution is 5.95. The van der Waals surface area contributed by atoms with Crippen LogP contribution in [0.5, 0.6) is 0 Å². The Morgan fingerprint density at radius 2 is 2.05 bits per heavy atom. The van der Waals surface area contributed by atoms with Gasteiger partial charge in [0.25, 0.3) is 5.91 Å². The summed E-state index contributed by atoms with van der Waals surface area (Å²) in [5.74, 6) is -0.242. The second-order valence-electron chi connectivity index (χ2n) is 5.11. The zero-order chi connectivity index (χ0) is 15.7. The standard InChI is InChI=1S/C15H18FN3O2/c1-7-12(16)5-11(6-13(7)17)15(20)18-8(2)14-9(3)19-21-10(14)4/h5-6,8H,17H2,1-4H3,(H,18,20). The van der Waals surface area contributed by atoms with Crippen LogP contribution in [0.2, 0.25) is 0 Å². The Bertz CT molecular complexity index is 652. The number of benzene rings is 1. The molecule has 0 radical (unpaired) electrons. The summed E-state index contributed by atoms with van der Waals surface area (Å²) in [7, 11) is 0. The first-order valence-corrected chi connectivity index (χ1v) is 6.60. The Labute approximate surface area is 122 Å². The summed E-state index contributed by atoms with van der Waals surface area (Å²) >= 11 is 0. The molecule has 21 heavy (non-hydrogen) atoms. The second kappa shape index (κ2) is 5.55. The van der Waals surface area contributed by atoms with Crippen molar-refractivity contribution in [1.29, 1.82) is 0 Å². The Morgan fingerprint density at radius 3 is 2.57 bits per heavy atom. The predicted molar refractivity (Wildman–Crippen MR) is 77.4 cm³/mol. The van der Waals surface area contributed by atoms with Gasteiger partial charge in [0.05, 0.1) is 11.7 Å². The van der Waals surface area contributed by atoms with Crippen LogP contribution < -0.4 is 11.1 Å². The van der Waals surface area contributed by atoms with Crippen LogP contribution in [-0.2, 0) is 0 Å². The molecular weight excluding hydrogens is 273 g/mol. The summed E-state index contributed by atoms with van der Waals surface area (Å²) in [6.45, 7) is 6.97. The number of nitrogen functional groups attached to an aromatic ring is 1. The van der Waals surface area contributed by atoms with Crippen LogP contribution in [0.4, 0.5) is 10.1 Å². The van der Waals surface area contributed by atoms with E-state index in [0.29, 0.717) is 11.3 Å². The molecule has 1 aromatic carbocycles. The fraction of sp³-hybridized carbons (Fsp3) is 0.333. The highest BCUT2D eigenvalue weighted by Gasteiger charge is 2.19. The first kappa shape index (κ1) is 15.0. The number of carbonyl (C=O) groups excluding carboxylic acids is 1. The van der Waals surface area contributed by atoms with Crippen molar-refractivity contribution in [1.82, 2.24) is 10.5 Å². The zero-order valence-electron chi connectivity index (χ0n) is 12.5. The number of nitrogens with one attached hydrogen (secondary N) is 1. The first-order valence-electron chi connectivity index (χ1n) is 6.60. The molecule has 0 spiro atoms. The molecule has 1 heterocycles. The number of nitrogens with two attached hydrogens (primary N) is 1. The van der Waals surface area contributed by atoms with Gasteiger partial charge in [-0.3, -0.25) is 4.79 Å². The monoisotopic (exact) mass is 291 g/mol. The number of halogens is 1. The largest absolute Gasteiger partial charge is 0.398 e. The van der Waals surface area contributed by atoms with E-state index in [1.54, 1.807) is 20.8 Å². The van der Waals surface area contributed by atoms with Gasteiger partial charge >= 0.3 is 0 Å². The third-order valence-corrected chi connectivity index (χ3v) is 3.52. The third-order valence-electron chi connectivity index (χ3n) is 3.52. The van der Waals surface area contributed by atoms with Crippen molar-refractivity contribution in [3.63, 3.8) is 0 Å². The van der Waals surface area contributed by atoms with Crippen LogP contribution in [0.25, 0.3) is 0 Å². The molecule has 0 aliphatic rings. The average Bonchev–Trinajstić information content (AvgIpc) is 2.74. The van der Waals surface area contributed by atoms with Crippen molar-refractivity contribution in [2.45, 2.75) is 33.7 Å². The second-order valence-corrected chi connectivity index (χ2v) is 5.11. The number of amides is 1. The van der Waals surface area contributed by atoms with Gasteiger partial charge in [-0.1, -0.05) is 5.16 Å². The first-order chi connectivity index (χ1) is 9.81. The SMILES string of the molecule is Cc1noc(C)c1C(C)NC(=O)c1cc(N)c(C)c(F)c1. The lowest BCUT2D eigenvalue weighted by atomic mass is 10.1. The van der Waals surface area contributed by atoms with Gasteiger partial charge < -0.3 is 15.6 Å². The van der Waals surface area contributed by atoms with Gasteiger partial charge in [0.2, 0.25) is 0 Å². The Balaban J connectivity index is 2.22. The quantitative estimate of drug-likeness (QED) is 0.852. The van der Waals surface area contributed by atoms with E-state index in [1.165, 1.54) is 12.1 Å². The van der Waals surface area contributed by atoms with Crippen LogP contribution in [0, 0.1) is 26.6 Å². The number of nitrogens with zero attached hydrogens (tertiary/aromatic N) is 1. The van der Waals surface area contributed by atoms with Crippen LogP contribution in [-0.4, -0.2) is 11.1 Å². The average molecular weight is 291 g/mol. The van der Waals surface area contributed by atoms with E-state index >= 15 is 0 Å². The summed E-state index contributed by atoms with van der Waals surface area (Å²) in [5, 5.41) is 6.64. The molecule has 0 aliphatic heterocycles. The summed E-state index contributed by atoms with van der Waals surface area (Å²) in [6.07, 6.45) is 0. The van der Waals surface area contributed by atoms with Crippen molar-refractivity contribution < 1.29 is 13.7 Å². The number of carbonyl (C=O) groups is 1. The molecule has 3 N–H and O–H groups in total. The lowest BCUT2D eigenvalue weighted by molar-refractivity contribution is 0.0939. The predicted octanol–water partition coefficient (Wildman–Crippen LogP) is 2.81. The van der Waals surface area contributed by atoms with Crippen LogP contribution in [0.15, 0.2) is 16.7 Å². The molecule has 0 saturated heterocycles. The topological polar surface area (TPSA) is 81.2 Å². The van der Waals surface area contributed by atoms with Gasteiger partial charge in [0.1, 0.15) is 11.6 Å². The van der Waals surface area contributed by atoms with E-state index in [0.717, 1.165) is 11.3 Å². The van der Waals surface area contributed by atoms with Gasteiger partial charge in [0.15, 0.2) is 0 Å². The Morgan fingerprint density at radius 1 is 1.38 bits per heavy atom. The minimum absolute atomic E-state index is 0.189. The number of hydrogen-bond donors (Lipinski definition) is 2. The molecule has 6 heteroatoms. The fourth-order valence-electron chi connectivity index (χ4n) is 2.29. The van der Waals surface area contributed by atoms with Crippen LogP contribution >= 0.6 is 0 Å². The molecule has 1 unspecified atom stereocenters. The van der Waals surface area contributed by atoms with Gasteiger partial charge in [-0.2, -0.15) is 0 Å². The third kappa shape index (κ3) is 2.89. The van der Waals surface area contributed by atoms with E-state index < -0.39 is 11.7 Å². The van der Waals surface area contributed by atoms with E-state index in [2.05, 4.69) is 10.5 Å². The maximum atomic E-state index is 13.7. The minimum atomic E-state index is -0.495. The van der Waals surface area contributed by atoms with Crippen molar-refractivity contribution >= 4 is 11.6 Å². The molecule has 5 nitrogen and oxygen atoms in total. The van der Waals surface area contributed by atoms with Crippen molar-refractivity contribution in [3.8, 4) is 0 Å². The molecule has 1 atom stereocenters. The molecule has 2 rings (SSSR count). The highest BCUT2D eigenvalue weighted by Crippen LogP contribution is 2.22. The minimum Gasteiger partial charge on any atom is -0.398 e. The number of aromatic nitrogens is 1. The Hall–Kier alpha value is -2.37.